The number of aryl methyl sites for hydroxylation is 3. The van der Waals surface area contributed by atoms with E-state index >= 15 is 0 Å². The second-order valence-electron chi connectivity index (χ2n) is 6.37. The molecule has 3 rings (SSSR count). The molecule has 0 bridgehead atoms. The Kier molecular flexibility index (Phi) is 5.27. The molecule has 136 valence electrons. The van der Waals surface area contributed by atoms with Crippen LogP contribution in [0.1, 0.15) is 16.8 Å². The minimum Gasteiger partial charge on any atom is -0.466 e. The largest absolute Gasteiger partial charge is 0.466 e. The number of amides is 1. The van der Waals surface area contributed by atoms with E-state index in [1.165, 1.54) is 0 Å². The van der Waals surface area contributed by atoms with Crippen LogP contribution in [0.2, 0.25) is 0 Å². The monoisotopic (exact) mass is 416 g/mol. The first-order chi connectivity index (χ1) is 12.3. The quantitative estimate of drug-likeness (QED) is 0.639. The van der Waals surface area contributed by atoms with Crippen molar-refractivity contribution in [3.8, 4) is 5.88 Å². The molecule has 1 amide bonds. The van der Waals surface area contributed by atoms with Gasteiger partial charge in [-0.25, -0.2) is 9.67 Å². The molecule has 2 aromatic heterocycles. The topological polar surface area (TPSA) is 60.2 Å². The van der Waals surface area contributed by atoms with E-state index in [1.54, 1.807) is 16.6 Å². The Morgan fingerprint density at radius 1 is 1.27 bits per heavy atom. The predicted octanol–water partition coefficient (Wildman–Crippen LogP) is 3.39. The minimum absolute atomic E-state index is 0.0630. The van der Waals surface area contributed by atoms with Crippen LogP contribution in [0.3, 0.4) is 0 Å². The number of carbonyl (C=O) groups is 1. The summed E-state index contributed by atoms with van der Waals surface area (Å²) in [6.45, 7) is 4.40. The SMILES string of the molecule is Cc1cc(C)c2c(OCC(=O)N(C)Cc3ccc(Br)cc3)nn(C)c2n1. The van der Waals surface area contributed by atoms with Crippen molar-refractivity contribution in [2.45, 2.75) is 20.4 Å². The van der Waals surface area contributed by atoms with Crippen LogP contribution in [-0.4, -0.2) is 39.2 Å². The number of nitrogens with zero attached hydrogens (tertiary/aromatic N) is 4. The van der Waals surface area contributed by atoms with Gasteiger partial charge >= 0.3 is 0 Å². The Bertz CT molecular complexity index is 950. The van der Waals surface area contributed by atoms with Crippen molar-refractivity contribution in [3.05, 3.63) is 51.6 Å². The number of likely N-dealkylation sites (N-methyl/N-ethyl adjacent to an activating group) is 1. The fraction of sp³-hybridized carbons (Fsp3) is 0.316. The number of rotatable bonds is 5. The van der Waals surface area contributed by atoms with Crippen molar-refractivity contribution in [1.29, 1.82) is 0 Å². The van der Waals surface area contributed by atoms with E-state index in [0.717, 1.165) is 32.3 Å². The molecule has 2 heterocycles. The van der Waals surface area contributed by atoms with Gasteiger partial charge in [-0.15, -0.1) is 5.10 Å². The highest BCUT2D eigenvalue weighted by Gasteiger charge is 2.17. The van der Waals surface area contributed by atoms with Gasteiger partial charge in [-0.3, -0.25) is 4.79 Å². The lowest BCUT2D eigenvalue weighted by atomic mass is 10.2. The van der Waals surface area contributed by atoms with Gasteiger partial charge in [0.15, 0.2) is 12.3 Å². The number of hydrogen-bond acceptors (Lipinski definition) is 4. The van der Waals surface area contributed by atoms with Gasteiger partial charge in [-0.05, 0) is 43.2 Å². The molecule has 0 unspecified atom stereocenters. The van der Waals surface area contributed by atoms with E-state index in [9.17, 15) is 4.79 Å². The summed E-state index contributed by atoms with van der Waals surface area (Å²) in [6, 6.07) is 9.87. The summed E-state index contributed by atoms with van der Waals surface area (Å²) < 4.78 is 8.42. The zero-order valence-electron chi connectivity index (χ0n) is 15.3. The zero-order valence-corrected chi connectivity index (χ0v) is 16.9. The first-order valence-electron chi connectivity index (χ1n) is 8.27. The number of ether oxygens (including phenoxy) is 1. The maximum Gasteiger partial charge on any atom is 0.260 e. The predicted molar refractivity (Wildman–Crippen MR) is 104 cm³/mol. The maximum absolute atomic E-state index is 12.4. The summed E-state index contributed by atoms with van der Waals surface area (Å²) in [5.74, 6) is 0.335. The molecule has 0 spiro atoms. The lowest BCUT2D eigenvalue weighted by Gasteiger charge is -2.17. The van der Waals surface area contributed by atoms with Gasteiger partial charge in [-0.1, -0.05) is 28.1 Å². The van der Waals surface area contributed by atoms with E-state index in [4.69, 9.17) is 4.74 Å². The molecule has 7 heteroatoms. The number of hydrogen-bond donors (Lipinski definition) is 0. The molecule has 0 aliphatic carbocycles. The van der Waals surface area contributed by atoms with Crippen molar-refractivity contribution in [2.24, 2.45) is 7.05 Å². The average Bonchev–Trinajstić information content (AvgIpc) is 2.91. The van der Waals surface area contributed by atoms with Gasteiger partial charge in [0, 0.05) is 30.8 Å². The summed E-state index contributed by atoms with van der Waals surface area (Å²) in [5.41, 5.74) is 3.78. The van der Waals surface area contributed by atoms with Crippen LogP contribution < -0.4 is 4.74 Å². The number of fused-ring (bicyclic) bond motifs is 1. The van der Waals surface area contributed by atoms with Crippen LogP contribution in [0, 0.1) is 13.8 Å². The van der Waals surface area contributed by atoms with Crippen LogP contribution in [0.4, 0.5) is 0 Å². The normalized spacial score (nSPS) is 11.0. The number of aromatic nitrogens is 3. The third-order valence-electron chi connectivity index (χ3n) is 4.18. The lowest BCUT2D eigenvalue weighted by molar-refractivity contribution is -0.132. The molecule has 3 aromatic rings. The molecule has 0 saturated heterocycles. The molecule has 0 aliphatic rings. The Labute approximate surface area is 160 Å². The van der Waals surface area contributed by atoms with Crippen molar-refractivity contribution < 1.29 is 9.53 Å². The van der Waals surface area contributed by atoms with Crippen molar-refractivity contribution >= 4 is 32.9 Å². The number of carbonyl (C=O) groups excluding carboxylic acids is 1. The highest BCUT2D eigenvalue weighted by atomic mass is 79.9. The van der Waals surface area contributed by atoms with Crippen LogP contribution in [0.15, 0.2) is 34.8 Å². The summed E-state index contributed by atoms with van der Waals surface area (Å²) in [6.07, 6.45) is 0. The molecule has 26 heavy (non-hydrogen) atoms. The third kappa shape index (κ3) is 3.88. The minimum atomic E-state index is -0.107. The van der Waals surface area contributed by atoms with Crippen molar-refractivity contribution in [3.63, 3.8) is 0 Å². The highest BCUT2D eigenvalue weighted by Crippen LogP contribution is 2.27. The maximum atomic E-state index is 12.4. The fourth-order valence-corrected chi connectivity index (χ4v) is 3.11. The molecule has 0 aliphatic heterocycles. The Hall–Kier alpha value is -2.41. The van der Waals surface area contributed by atoms with Crippen molar-refractivity contribution in [2.75, 3.05) is 13.7 Å². The van der Waals surface area contributed by atoms with Gasteiger partial charge in [-0.2, -0.15) is 0 Å². The first-order valence-corrected chi connectivity index (χ1v) is 9.06. The Balaban J connectivity index is 1.69. The van der Waals surface area contributed by atoms with E-state index in [1.807, 2.05) is 51.2 Å². The number of halogens is 1. The molecule has 1 aromatic carbocycles. The summed E-state index contributed by atoms with van der Waals surface area (Å²) in [7, 11) is 3.59. The van der Waals surface area contributed by atoms with Gasteiger partial charge in [0.05, 0.1) is 5.39 Å². The molecule has 0 fully saturated rings. The van der Waals surface area contributed by atoms with E-state index < -0.39 is 0 Å². The molecular weight excluding hydrogens is 396 g/mol. The van der Waals surface area contributed by atoms with Gasteiger partial charge < -0.3 is 9.64 Å². The van der Waals surface area contributed by atoms with E-state index in [0.29, 0.717) is 12.4 Å². The average molecular weight is 417 g/mol. The summed E-state index contributed by atoms with van der Waals surface area (Å²) in [4.78, 5) is 18.6. The zero-order chi connectivity index (χ0) is 18.8. The standard InChI is InChI=1S/C19H21BrN4O2/c1-12-9-13(2)21-18-17(12)19(22-24(18)4)26-11-16(25)23(3)10-14-5-7-15(20)8-6-14/h5-9H,10-11H2,1-4H3. The van der Waals surface area contributed by atoms with Crippen LogP contribution in [0.5, 0.6) is 5.88 Å². The van der Waals surface area contributed by atoms with Crippen LogP contribution in [-0.2, 0) is 18.4 Å². The molecule has 0 N–H and O–H groups in total. The fourth-order valence-electron chi connectivity index (χ4n) is 2.84. The molecule has 0 radical (unpaired) electrons. The van der Waals surface area contributed by atoms with Gasteiger partial charge in [0.1, 0.15) is 0 Å². The van der Waals surface area contributed by atoms with E-state index in [2.05, 4.69) is 26.0 Å². The molecular formula is C19H21BrN4O2. The second-order valence-corrected chi connectivity index (χ2v) is 7.29. The number of benzene rings is 1. The van der Waals surface area contributed by atoms with Gasteiger partial charge in [0.2, 0.25) is 5.88 Å². The summed E-state index contributed by atoms with van der Waals surface area (Å²) in [5, 5.41) is 5.22. The Morgan fingerprint density at radius 2 is 1.96 bits per heavy atom. The molecule has 6 nitrogen and oxygen atoms in total. The molecule has 0 atom stereocenters. The number of pyridine rings is 1. The second kappa shape index (κ2) is 7.45. The lowest BCUT2D eigenvalue weighted by Crippen LogP contribution is -2.31. The van der Waals surface area contributed by atoms with E-state index in [-0.39, 0.29) is 12.5 Å². The van der Waals surface area contributed by atoms with Gasteiger partial charge in [0.25, 0.3) is 5.91 Å². The molecule has 0 saturated carbocycles. The third-order valence-corrected chi connectivity index (χ3v) is 4.71. The van der Waals surface area contributed by atoms with Crippen molar-refractivity contribution in [1.82, 2.24) is 19.7 Å². The highest BCUT2D eigenvalue weighted by molar-refractivity contribution is 9.10. The first kappa shape index (κ1) is 18.4. The van der Waals surface area contributed by atoms with Crippen LogP contribution in [0.25, 0.3) is 11.0 Å². The summed E-state index contributed by atoms with van der Waals surface area (Å²) >= 11 is 3.41. The Morgan fingerprint density at radius 3 is 2.65 bits per heavy atom. The van der Waals surface area contributed by atoms with Crippen LogP contribution >= 0.6 is 15.9 Å². The smallest absolute Gasteiger partial charge is 0.260 e.